The second-order valence-corrected chi connectivity index (χ2v) is 27.3. The normalized spacial score (nSPS) is 20.3. The van der Waals surface area contributed by atoms with Gasteiger partial charge in [0.1, 0.15) is 54.2 Å². The topological polar surface area (TPSA) is 251 Å². The van der Waals surface area contributed by atoms with Crippen molar-refractivity contribution in [2.45, 2.75) is 108 Å². The largest absolute Gasteiger partial charge is 0.497 e. The van der Waals surface area contributed by atoms with Crippen molar-refractivity contribution in [1.29, 1.82) is 5.26 Å². The lowest BCUT2D eigenvalue weighted by Gasteiger charge is -2.39. The van der Waals surface area contributed by atoms with Gasteiger partial charge in [-0.3, -0.25) is 37.3 Å². The molecule has 0 spiro atoms. The molecule has 2 fully saturated rings. The van der Waals surface area contributed by atoms with Gasteiger partial charge >= 0.3 is 13.5 Å². The number of phosphoric ester groups is 1. The molecule has 9 rings (SSSR count). The van der Waals surface area contributed by atoms with Crippen LogP contribution >= 0.6 is 7.82 Å². The first-order valence-electron chi connectivity index (χ1n) is 26.1. The summed E-state index contributed by atoms with van der Waals surface area (Å²) in [7, 11) is -4.08. The van der Waals surface area contributed by atoms with Gasteiger partial charge in [-0.2, -0.15) is 5.26 Å². The maximum Gasteiger partial charge on any atom is 0.475 e. The zero-order valence-electron chi connectivity index (χ0n) is 45.8. The number of methoxy groups -OCH3 is 2. The van der Waals surface area contributed by atoms with E-state index in [2.05, 4.69) is 59.1 Å². The molecule has 0 radical (unpaired) electrons. The molecule has 1 unspecified atom stereocenters. The van der Waals surface area contributed by atoms with Gasteiger partial charge < -0.3 is 33.4 Å². The van der Waals surface area contributed by atoms with Crippen molar-refractivity contribution in [3.05, 3.63) is 177 Å². The smallest absolute Gasteiger partial charge is 0.475 e. The predicted molar refractivity (Wildman–Crippen MR) is 298 cm³/mol. The number of aromatic nitrogens is 6. The third-order valence-corrected chi connectivity index (χ3v) is 20.8. The molecule has 1 amide bonds. The molecule has 2 aliphatic rings. The number of phosphoric acid groups is 1. The molecule has 80 heavy (non-hydrogen) atoms. The molecular formula is C57H65N8O13PSi. The summed E-state index contributed by atoms with van der Waals surface area (Å²) >= 11 is 0. The van der Waals surface area contributed by atoms with Crippen molar-refractivity contribution in [2.24, 2.45) is 0 Å². The Morgan fingerprint density at radius 1 is 0.800 bits per heavy atom. The van der Waals surface area contributed by atoms with E-state index in [-0.39, 0.29) is 48.8 Å². The van der Waals surface area contributed by atoms with Crippen LogP contribution in [0.15, 0.2) is 138 Å². The van der Waals surface area contributed by atoms with E-state index in [4.69, 9.17) is 41.7 Å². The molecule has 420 valence electrons. The Morgan fingerprint density at radius 3 is 2.00 bits per heavy atom. The summed E-state index contributed by atoms with van der Waals surface area (Å²) in [4.78, 5) is 54.9. The maximum atomic E-state index is 15.5. The number of hydrogen-bond acceptors (Lipinski definition) is 17. The van der Waals surface area contributed by atoms with Crippen LogP contribution in [0.4, 0.5) is 5.82 Å². The summed E-state index contributed by atoms with van der Waals surface area (Å²) in [5.74, 6) is 1.02. The second kappa shape index (κ2) is 24.3. The highest BCUT2D eigenvalue weighted by molar-refractivity contribution is 7.48. The van der Waals surface area contributed by atoms with Crippen LogP contribution in [0.5, 0.6) is 11.5 Å². The molecule has 5 heterocycles. The number of nitrogens with one attached hydrogen (secondary N) is 2. The highest BCUT2D eigenvalue weighted by Crippen LogP contribution is 2.55. The van der Waals surface area contributed by atoms with Crippen LogP contribution in [0.3, 0.4) is 0 Å². The number of benzene rings is 4. The monoisotopic (exact) mass is 1130 g/mol. The van der Waals surface area contributed by atoms with E-state index in [1.807, 2.05) is 91.0 Å². The first-order valence-corrected chi connectivity index (χ1v) is 30.5. The Bertz CT molecular complexity index is 3430. The van der Waals surface area contributed by atoms with E-state index in [1.54, 1.807) is 50.0 Å². The standard InChI is InChI=1S/C57H65N8O13PSi/c1-37-32-64(55(68)63-53(37)66)48-31-45(78-80(7,8)56(2,3)4)47(76-48)34-74-79(69,73-29-15-28-58)77-44-30-49(65-36-61-50-51(59-35-60-52(50)65)62-54(67)38-16-11-9-12-17-38)75-46(44)33-72-57(39-18-13-10-14-19-39,40-20-24-42(70-5)25-21-40)41-22-26-43(71-6)27-23-41/h9-14,16-27,32,35-36,44-49H,15,29-31,33-34H2,1-8H3,(H,63,66,68)(H,59,60,62,67)/t44-,45-,46+,47+,48+,49+,79?/m0/s1. The van der Waals surface area contributed by atoms with Crippen LogP contribution in [0.1, 0.15) is 85.1 Å². The number of hydrogen-bond donors (Lipinski definition) is 2. The van der Waals surface area contributed by atoms with E-state index in [1.165, 1.54) is 23.4 Å². The molecule has 7 aromatic rings. The van der Waals surface area contributed by atoms with Gasteiger partial charge in [-0.25, -0.2) is 24.3 Å². The highest BCUT2D eigenvalue weighted by Gasteiger charge is 2.49. The number of amides is 1. The number of aryl methyl sites for hydroxylation is 1. The van der Waals surface area contributed by atoms with Gasteiger partial charge in [0.25, 0.3) is 11.5 Å². The average molecular weight is 1130 g/mol. The van der Waals surface area contributed by atoms with E-state index < -0.39 is 82.4 Å². The predicted octanol–water partition coefficient (Wildman–Crippen LogP) is 9.37. The summed E-state index contributed by atoms with van der Waals surface area (Å²) in [5.41, 5.74) is 1.03. The van der Waals surface area contributed by atoms with E-state index >= 15 is 4.57 Å². The summed E-state index contributed by atoms with van der Waals surface area (Å²) in [6, 6.07) is 35.5. The second-order valence-electron chi connectivity index (χ2n) is 20.9. The van der Waals surface area contributed by atoms with Crippen LogP contribution in [0, 0.1) is 18.3 Å². The molecule has 23 heteroatoms. The number of nitrogens with zero attached hydrogens (tertiary/aromatic N) is 6. The average Bonchev–Trinajstić information content (AvgIpc) is 4.33. The molecule has 2 saturated heterocycles. The minimum absolute atomic E-state index is 0.00115. The Hall–Kier alpha value is -7.16. The molecule has 3 aromatic heterocycles. The lowest BCUT2D eigenvalue weighted by Crippen LogP contribution is -2.46. The van der Waals surface area contributed by atoms with Gasteiger partial charge in [0.2, 0.25) is 0 Å². The van der Waals surface area contributed by atoms with Gasteiger partial charge in [0.15, 0.2) is 25.3 Å². The number of ether oxygens (including phenoxy) is 5. The number of imidazole rings is 1. The number of aromatic amines is 1. The van der Waals surface area contributed by atoms with Crippen LogP contribution < -0.4 is 26.0 Å². The number of nitriles is 1. The van der Waals surface area contributed by atoms with Gasteiger partial charge in [-0.1, -0.05) is 93.6 Å². The van der Waals surface area contributed by atoms with Crippen LogP contribution in [-0.4, -0.2) is 102 Å². The zero-order valence-corrected chi connectivity index (χ0v) is 47.7. The molecule has 21 nitrogen and oxygen atoms in total. The summed E-state index contributed by atoms with van der Waals surface area (Å²) in [5, 5.41) is 12.3. The molecule has 0 aliphatic carbocycles. The first kappa shape index (κ1) is 57.5. The third kappa shape index (κ3) is 12.4. The van der Waals surface area contributed by atoms with E-state index in [9.17, 15) is 19.6 Å². The van der Waals surface area contributed by atoms with Crippen molar-refractivity contribution in [3.8, 4) is 17.6 Å². The Morgan fingerprint density at radius 2 is 1.39 bits per heavy atom. The number of carbonyl (C=O) groups excluding carboxylic acids is 1. The van der Waals surface area contributed by atoms with Crippen molar-refractivity contribution >= 4 is 39.0 Å². The molecule has 2 aliphatic heterocycles. The number of anilines is 1. The van der Waals surface area contributed by atoms with E-state index in [0.29, 0.717) is 28.3 Å². The molecule has 2 N–H and O–H groups in total. The van der Waals surface area contributed by atoms with Gasteiger partial charge in [-0.15, -0.1) is 0 Å². The van der Waals surface area contributed by atoms with Crippen molar-refractivity contribution in [1.82, 2.24) is 29.1 Å². The fourth-order valence-corrected chi connectivity index (χ4v) is 12.2. The van der Waals surface area contributed by atoms with E-state index in [0.717, 1.165) is 16.7 Å². The van der Waals surface area contributed by atoms with Crippen molar-refractivity contribution in [2.75, 3.05) is 39.4 Å². The minimum atomic E-state index is -4.73. The number of rotatable bonds is 22. The fraction of sp³-hybridized carbons (Fsp3) is 0.386. The molecule has 7 atom stereocenters. The fourth-order valence-electron chi connectivity index (χ4n) is 9.47. The lowest BCUT2D eigenvalue weighted by molar-refractivity contribution is -0.0947. The summed E-state index contributed by atoms with van der Waals surface area (Å²) in [6.45, 7) is 11.1. The van der Waals surface area contributed by atoms with Gasteiger partial charge in [-0.05, 0) is 78.1 Å². The number of fused-ring (bicyclic) bond motifs is 1. The molecule has 0 bridgehead atoms. The third-order valence-electron chi connectivity index (χ3n) is 14.8. The number of carbonyl (C=O) groups is 1. The van der Waals surface area contributed by atoms with Crippen molar-refractivity contribution < 1.29 is 51.0 Å². The number of H-pyrrole nitrogens is 1. The van der Waals surface area contributed by atoms with Gasteiger partial charge in [0, 0.05) is 30.2 Å². The van der Waals surface area contributed by atoms with Crippen molar-refractivity contribution in [3.63, 3.8) is 0 Å². The Balaban J connectivity index is 1.09. The minimum Gasteiger partial charge on any atom is -0.497 e. The maximum absolute atomic E-state index is 15.5. The quantitative estimate of drug-likeness (QED) is 0.0277. The summed E-state index contributed by atoms with van der Waals surface area (Å²) < 4.78 is 76.3. The Kier molecular flexibility index (Phi) is 17.5. The molecular weight excluding hydrogens is 1060 g/mol. The van der Waals surface area contributed by atoms with Crippen LogP contribution in [0.2, 0.25) is 18.1 Å². The Labute approximate surface area is 463 Å². The van der Waals surface area contributed by atoms with Crippen LogP contribution in [0.25, 0.3) is 11.2 Å². The highest BCUT2D eigenvalue weighted by atomic mass is 31.2. The zero-order chi connectivity index (χ0) is 56.8. The first-order chi connectivity index (χ1) is 38.3. The molecule has 0 saturated carbocycles. The lowest BCUT2D eigenvalue weighted by atomic mass is 9.80. The SMILES string of the molecule is COc1ccc(C(OC[C@H]2O[C@@H](n3cnc4c(NC(=O)c5ccccc5)ncnc43)C[C@@H]2OP(=O)(OCCC#N)OC[C@H]2O[C@@H](n3cc(C)c(=O)[nH]c3=O)C[C@@H]2O[Si](C)(C)C(C)(C)C)(c2ccccc2)c2ccc(OC)cc2)cc1. The van der Waals surface area contributed by atoms with Gasteiger partial charge in [0.05, 0.1) is 59.0 Å². The van der Waals surface area contributed by atoms with Crippen LogP contribution in [-0.2, 0) is 42.4 Å². The summed E-state index contributed by atoms with van der Waals surface area (Å²) in [6.07, 6.45) is -1.28. The molecule has 4 aromatic carbocycles.